The molecular formula is C9H17N3O2. The third-order valence-electron chi connectivity index (χ3n) is 1.97. The Labute approximate surface area is 83.5 Å². The predicted molar refractivity (Wildman–Crippen MR) is 52.7 cm³/mol. The Hall–Kier alpha value is -0.910. The molecule has 1 heterocycles. The fourth-order valence-electron chi connectivity index (χ4n) is 1.21. The number of hydrogen-bond acceptors (Lipinski definition) is 4. The summed E-state index contributed by atoms with van der Waals surface area (Å²) in [6, 6.07) is 0. The summed E-state index contributed by atoms with van der Waals surface area (Å²) in [6.45, 7) is 3.56. The molecule has 5 nitrogen and oxygen atoms in total. The highest BCUT2D eigenvalue weighted by molar-refractivity contribution is 5.08. The average Bonchev–Trinajstić information content (AvgIpc) is 2.68. The van der Waals surface area contributed by atoms with Crippen LogP contribution in [0.3, 0.4) is 0 Å². The van der Waals surface area contributed by atoms with E-state index in [0.717, 1.165) is 12.1 Å². The van der Waals surface area contributed by atoms with E-state index < -0.39 is 0 Å². The molecule has 3 N–H and O–H groups in total. The molecule has 0 aliphatic carbocycles. The maximum Gasteiger partial charge on any atom is 0.0978 e. The minimum Gasteiger partial charge on any atom is -0.394 e. The molecule has 0 saturated heterocycles. The Bertz CT molecular complexity index is 262. The Kier molecular flexibility index (Phi) is 4.58. The summed E-state index contributed by atoms with van der Waals surface area (Å²) in [5, 5.41) is 12.8. The van der Waals surface area contributed by atoms with Crippen LogP contribution in [0.5, 0.6) is 0 Å². The summed E-state index contributed by atoms with van der Waals surface area (Å²) in [4.78, 5) is 0. The Balaban J connectivity index is 2.58. The van der Waals surface area contributed by atoms with Gasteiger partial charge in [0.05, 0.1) is 25.5 Å². The van der Waals surface area contributed by atoms with Crippen molar-refractivity contribution < 1.29 is 9.84 Å². The molecular weight excluding hydrogens is 182 g/mol. The molecule has 1 unspecified atom stereocenters. The second kappa shape index (κ2) is 5.74. The van der Waals surface area contributed by atoms with E-state index >= 15 is 0 Å². The smallest absolute Gasteiger partial charge is 0.0978 e. The zero-order chi connectivity index (χ0) is 10.4. The van der Waals surface area contributed by atoms with Gasteiger partial charge in [0.1, 0.15) is 0 Å². The second-order valence-electron chi connectivity index (χ2n) is 2.95. The number of ether oxygens (including phenoxy) is 1. The number of aromatic nitrogens is 2. The molecule has 1 atom stereocenters. The first-order chi connectivity index (χ1) is 6.81. The van der Waals surface area contributed by atoms with Gasteiger partial charge in [0, 0.05) is 24.8 Å². The van der Waals surface area contributed by atoms with E-state index in [4.69, 9.17) is 15.6 Å². The van der Waals surface area contributed by atoms with E-state index in [-0.39, 0.29) is 12.7 Å². The van der Waals surface area contributed by atoms with Gasteiger partial charge in [0.15, 0.2) is 0 Å². The fraction of sp³-hybridized carbons (Fsp3) is 0.667. The molecule has 0 amide bonds. The number of rotatable bonds is 6. The van der Waals surface area contributed by atoms with Gasteiger partial charge in [-0.05, 0) is 6.92 Å². The minimum absolute atomic E-state index is 0.0123. The van der Waals surface area contributed by atoms with Crippen molar-refractivity contribution in [3.8, 4) is 0 Å². The lowest BCUT2D eigenvalue weighted by Crippen LogP contribution is -2.17. The van der Waals surface area contributed by atoms with Crippen molar-refractivity contribution in [2.24, 2.45) is 5.73 Å². The van der Waals surface area contributed by atoms with E-state index in [0.29, 0.717) is 13.2 Å². The molecule has 0 bridgehead atoms. The molecule has 0 saturated carbocycles. The summed E-state index contributed by atoms with van der Waals surface area (Å²) in [5.74, 6) is 0. The van der Waals surface area contributed by atoms with Gasteiger partial charge in [-0.2, -0.15) is 5.10 Å². The standard InChI is InChI=1S/C9H17N3O2/c1-2-12-7-8(6-11-12)9(5-10)14-4-3-13/h6-7,9,13H,2-5,10H2,1H3. The Morgan fingerprint density at radius 1 is 1.71 bits per heavy atom. The zero-order valence-electron chi connectivity index (χ0n) is 8.39. The minimum atomic E-state index is -0.164. The van der Waals surface area contributed by atoms with Crippen LogP contribution in [0.1, 0.15) is 18.6 Å². The fourth-order valence-corrected chi connectivity index (χ4v) is 1.21. The summed E-state index contributed by atoms with van der Waals surface area (Å²) in [6.07, 6.45) is 3.50. The largest absolute Gasteiger partial charge is 0.394 e. The molecule has 0 aliphatic rings. The second-order valence-corrected chi connectivity index (χ2v) is 2.95. The van der Waals surface area contributed by atoms with Crippen molar-refractivity contribution >= 4 is 0 Å². The van der Waals surface area contributed by atoms with Gasteiger partial charge < -0.3 is 15.6 Å². The normalized spacial score (nSPS) is 13.1. The van der Waals surface area contributed by atoms with E-state index in [1.165, 1.54) is 0 Å². The molecule has 0 radical (unpaired) electrons. The lowest BCUT2D eigenvalue weighted by atomic mass is 10.2. The predicted octanol–water partition coefficient (Wildman–Crippen LogP) is -0.0883. The van der Waals surface area contributed by atoms with Crippen LogP contribution >= 0.6 is 0 Å². The molecule has 0 aliphatic heterocycles. The first-order valence-corrected chi connectivity index (χ1v) is 4.76. The van der Waals surface area contributed by atoms with Gasteiger partial charge in [-0.15, -0.1) is 0 Å². The van der Waals surface area contributed by atoms with Crippen LogP contribution in [-0.2, 0) is 11.3 Å². The highest BCUT2D eigenvalue weighted by Gasteiger charge is 2.11. The van der Waals surface area contributed by atoms with Gasteiger partial charge in [-0.1, -0.05) is 0 Å². The molecule has 80 valence electrons. The third-order valence-corrected chi connectivity index (χ3v) is 1.97. The van der Waals surface area contributed by atoms with Crippen LogP contribution in [0.4, 0.5) is 0 Å². The van der Waals surface area contributed by atoms with E-state index in [1.54, 1.807) is 6.20 Å². The van der Waals surface area contributed by atoms with Crippen LogP contribution in [-0.4, -0.2) is 34.6 Å². The lowest BCUT2D eigenvalue weighted by Gasteiger charge is -2.12. The zero-order valence-corrected chi connectivity index (χ0v) is 8.39. The van der Waals surface area contributed by atoms with Crippen molar-refractivity contribution in [2.75, 3.05) is 19.8 Å². The van der Waals surface area contributed by atoms with E-state index in [1.807, 2.05) is 17.8 Å². The monoisotopic (exact) mass is 199 g/mol. The highest BCUT2D eigenvalue weighted by atomic mass is 16.5. The lowest BCUT2D eigenvalue weighted by molar-refractivity contribution is 0.0328. The molecule has 1 rings (SSSR count). The Morgan fingerprint density at radius 3 is 3.00 bits per heavy atom. The van der Waals surface area contributed by atoms with Crippen molar-refractivity contribution in [2.45, 2.75) is 19.6 Å². The van der Waals surface area contributed by atoms with Crippen molar-refractivity contribution in [3.63, 3.8) is 0 Å². The van der Waals surface area contributed by atoms with E-state index in [2.05, 4.69) is 5.10 Å². The van der Waals surface area contributed by atoms with Crippen molar-refractivity contribution in [1.82, 2.24) is 9.78 Å². The van der Waals surface area contributed by atoms with E-state index in [9.17, 15) is 0 Å². The quantitative estimate of drug-likeness (QED) is 0.671. The first-order valence-electron chi connectivity index (χ1n) is 4.76. The Morgan fingerprint density at radius 2 is 2.50 bits per heavy atom. The molecule has 14 heavy (non-hydrogen) atoms. The van der Waals surface area contributed by atoms with Crippen LogP contribution in [0.2, 0.25) is 0 Å². The first kappa shape index (κ1) is 11.2. The highest BCUT2D eigenvalue weighted by Crippen LogP contribution is 2.14. The molecule has 1 aromatic heterocycles. The van der Waals surface area contributed by atoms with Crippen LogP contribution in [0.25, 0.3) is 0 Å². The number of aliphatic hydroxyl groups is 1. The molecule has 5 heteroatoms. The van der Waals surface area contributed by atoms with Gasteiger partial charge in [0.25, 0.3) is 0 Å². The third kappa shape index (κ3) is 2.80. The summed E-state index contributed by atoms with van der Waals surface area (Å²) < 4.78 is 7.18. The van der Waals surface area contributed by atoms with Crippen molar-refractivity contribution in [1.29, 1.82) is 0 Å². The number of hydrogen-bond donors (Lipinski definition) is 2. The van der Waals surface area contributed by atoms with Gasteiger partial charge in [-0.3, -0.25) is 4.68 Å². The SMILES string of the molecule is CCn1cc(C(CN)OCCO)cn1. The molecule has 0 fully saturated rings. The van der Waals surface area contributed by atoms with Gasteiger partial charge in [0.2, 0.25) is 0 Å². The number of aliphatic hydroxyl groups excluding tert-OH is 1. The molecule has 1 aromatic rings. The topological polar surface area (TPSA) is 73.3 Å². The summed E-state index contributed by atoms with van der Waals surface area (Å²) in [7, 11) is 0. The maximum absolute atomic E-state index is 8.62. The number of nitrogens with zero attached hydrogens (tertiary/aromatic N) is 2. The number of aryl methyl sites for hydroxylation is 1. The maximum atomic E-state index is 8.62. The van der Waals surface area contributed by atoms with Gasteiger partial charge >= 0.3 is 0 Å². The van der Waals surface area contributed by atoms with Crippen molar-refractivity contribution in [3.05, 3.63) is 18.0 Å². The van der Waals surface area contributed by atoms with Crippen LogP contribution < -0.4 is 5.73 Å². The van der Waals surface area contributed by atoms with Crippen LogP contribution in [0.15, 0.2) is 12.4 Å². The molecule has 0 aromatic carbocycles. The summed E-state index contributed by atoms with van der Waals surface area (Å²) >= 11 is 0. The average molecular weight is 199 g/mol. The van der Waals surface area contributed by atoms with Gasteiger partial charge in [-0.25, -0.2) is 0 Å². The summed E-state index contributed by atoms with van der Waals surface area (Å²) in [5.41, 5.74) is 6.51. The molecule has 0 spiro atoms. The number of nitrogens with two attached hydrogens (primary N) is 1. The van der Waals surface area contributed by atoms with Crippen LogP contribution in [0, 0.1) is 0 Å².